The van der Waals surface area contributed by atoms with Crippen LogP contribution in [0.4, 0.5) is 16.2 Å². The van der Waals surface area contributed by atoms with Gasteiger partial charge in [-0.25, -0.2) is 4.39 Å². The van der Waals surface area contributed by atoms with Crippen molar-refractivity contribution in [3.05, 3.63) is 41.7 Å². The molecule has 2 N–H and O–H groups in total. The predicted molar refractivity (Wildman–Crippen MR) is 71.5 cm³/mol. The summed E-state index contributed by atoms with van der Waals surface area (Å²) in [7, 11) is 3.35. The molecule has 1 aromatic carbocycles. The molecule has 0 aliphatic carbocycles. The van der Waals surface area contributed by atoms with Gasteiger partial charge < -0.3 is 15.4 Å². The molecule has 19 heavy (non-hydrogen) atoms. The number of nitrogens with two attached hydrogens (primary N) is 1. The molecule has 0 spiro atoms. The minimum Gasteiger partial charge on any atom is -0.481 e. The first-order valence-electron chi connectivity index (χ1n) is 5.72. The van der Waals surface area contributed by atoms with Crippen molar-refractivity contribution in [3.63, 3.8) is 0 Å². The number of aromatic nitrogens is 2. The first kappa shape index (κ1) is 13.1. The fourth-order valence-electron chi connectivity index (χ4n) is 1.72. The lowest BCUT2D eigenvalue weighted by Gasteiger charge is -2.18. The number of methoxy groups -OCH3 is 1. The molecule has 0 amide bonds. The van der Waals surface area contributed by atoms with Gasteiger partial charge in [-0.3, -0.25) is 0 Å². The van der Waals surface area contributed by atoms with Crippen molar-refractivity contribution in [2.45, 2.75) is 6.54 Å². The Kier molecular flexibility index (Phi) is 3.79. The number of anilines is 2. The highest BCUT2D eigenvalue weighted by atomic mass is 19.1. The third-order valence-electron chi connectivity index (χ3n) is 2.62. The van der Waals surface area contributed by atoms with E-state index < -0.39 is 0 Å². The number of nitrogens with zero attached hydrogens (tertiary/aromatic N) is 3. The summed E-state index contributed by atoms with van der Waals surface area (Å²) < 4.78 is 18.2. The van der Waals surface area contributed by atoms with Crippen molar-refractivity contribution in [3.8, 4) is 5.88 Å². The lowest BCUT2D eigenvalue weighted by atomic mass is 10.2. The molecule has 2 aromatic rings. The van der Waals surface area contributed by atoms with Crippen molar-refractivity contribution in [1.82, 2.24) is 9.97 Å². The van der Waals surface area contributed by atoms with E-state index in [1.165, 1.54) is 19.2 Å². The van der Waals surface area contributed by atoms with E-state index in [4.69, 9.17) is 10.5 Å². The molecule has 2 rings (SSSR count). The van der Waals surface area contributed by atoms with E-state index in [2.05, 4.69) is 9.97 Å². The molecule has 0 unspecified atom stereocenters. The summed E-state index contributed by atoms with van der Waals surface area (Å²) in [6.07, 6.45) is 0. The van der Waals surface area contributed by atoms with E-state index in [-0.39, 0.29) is 11.8 Å². The highest BCUT2D eigenvalue weighted by Gasteiger charge is 2.08. The van der Waals surface area contributed by atoms with Gasteiger partial charge in [0, 0.05) is 19.7 Å². The SMILES string of the molecule is COc1cc(N(C)Cc2cccc(F)c2)nc(N)n1. The fourth-order valence-corrected chi connectivity index (χ4v) is 1.72. The normalized spacial score (nSPS) is 10.3. The van der Waals surface area contributed by atoms with Gasteiger partial charge in [-0.1, -0.05) is 12.1 Å². The Balaban J connectivity index is 2.20. The van der Waals surface area contributed by atoms with Crippen LogP contribution < -0.4 is 15.4 Å². The molecule has 0 fully saturated rings. The molecule has 5 nitrogen and oxygen atoms in total. The summed E-state index contributed by atoms with van der Waals surface area (Å²) in [6.45, 7) is 0.511. The van der Waals surface area contributed by atoms with Gasteiger partial charge in [0.25, 0.3) is 0 Å². The van der Waals surface area contributed by atoms with Gasteiger partial charge >= 0.3 is 0 Å². The highest BCUT2D eigenvalue weighted by molar-refractivity contribution is 5.45. The summed E-state index contributed by atoms with van der Waals surface area (Å²) in [6, 6.07) is 8.10. The maximum Gasteiger partial charge on any atom is 0.225 e. The van der Waals surface area contributed by atoms with Gasteiger partial charge in [0.05, 0.1) is 7.11 Å². The summed E-state index contributed by atoms with van der Waals surface area (Å²) in [4.78, 5) is 9.88. The predicted octanol–water partition coefficient (Wildman–Crippen LogP) is 1.84. The fraction of sp³-hybridized carbons (Fsp3) is 0.231. The summed E-state index contributed by atoms with van der Waals surface area (Å²) >= 11 is 0. The molecule has 1 aromatic heterocycles. The van der Waals surface area contributed by atoms with Crippen molar-refractivity contribution < 1.29 is 9.13 Å². The molecular formula is C13H15FN4O. The van der Waals surface area contributed by atoms with E-state index in [0.717, 1.165) is 5.56 Å². The summed E-state index contributed by atoms with van der Waals surface area (Å²) in [5.41, 5.74) is 6.45. The van der Waals surface area contributed by atoms with Crippen LogP contribution in [0.15, 0.2) is 30.3 Å². The topological polar surface area (TPSA) is 64.3 Å². The largest absolute Gasteiger partial charge is 0.481 e. The van der Waals surface area contributed by atoms with Crippen LogP contribution in [0.5, 0.6) is 5.88 Å². The molecule has 100 valence electrons. The summed E-state index contributed by atoms with van der Waals surface area (Å²) in [5, 5.41) is 0. The number of ether oxygens (including phenoxy) is 1. The Bertz CT molecular complexity index is 576. The number of halogens is 1. The smallest absolute Gasteiger partial charge is 0.225 e. The zero-order valence-electron chi connectivity index (χ0n) is 10.8. The second-order valence-corrected chi connectivity index (χ2v) is 4.11. The maximum atomic E-state index is 13.1. The lowest BCUT2D eigenvalue weighted by Crippen LogP contribution is -2.18. The molecular weight excluding hydrogens is 247 g/mol. The summed E-state index contributed by atoms with van der Waals surface area (Å²) in [5.74, 6) is 0.897. The molecule has 0 bridgehead atoms. The number of hydrogen-bond donors (Lipinski definition) is 1. The van der Waals surface area contributed by atoms with Crippen LogP contribution >= 0.6 is 0 Å². The van der Waals surface area contributed by atoms with Gasteiger partial charge in [0.2, 0.25) is 11.8 Å². The molecule has 0 radical (unpaired) electrons. The first-order valence-corrected chi connectivity index (χ1v) is 5.72. The van der Waals surface area contributed by atoms with E-state index in [0.29, 0.717) is 18.2 Å². The van der Waals surface area contributed by atoms with Crippen LogP contribution in [-0.4, -0.2) is 24.1 Å². The Labute approximate surface area is 110 Å². The van der Waals surface area contributed by atoms with E-state index in [1.54, 1.807) is 12.1 Å². The molecule has 0 aliphatic rings. The van der Waals surface area contributed by atoms with Crippen LogP contribution in [0.3, 0.4) is 0 Å². The van der Waals surface area contributed by atoms with Gasteiger partial charge in [-0.15, -0.1) is 0 Å². The van der Waals surface area contributed by atoms with Gasteiger partial charge in [0.15, 0.2) is 0 Å². The lowest BCUT2D eigenvalue weighted by molar-refractivity contribution is 0.397. The molecule has 6 heteroatoms. The number of hydrogen-bond acceptors (Lipinski definition) is 5. The van der Waals surface area contributed by atoms with Crippen molar-refractivity contribution in [1.29, 1.82) is 0 Å². The third kappa shape index (κ3) is 3.31. The van der Waals surface area contributed by atoms with E-state index in [9.17, 15) is 4.39 Å². The van der Waals surface area contributed by atoms with Crippen molar-refractivity contribution >= 4 is 11.8 Å². The third-order valence-corrected chi connectivity index (χ3v) is 2.62. The Morgan fingerprint density at radius 2 is 2.11 bits per heavy atom. The Hall–Kier alpha value is -2.37. The van der Waals surface area contributed by atoms with E-state index >= 15 is 0 Å². The van der Waals surface area contributed by atoms with Crippen LogP contribution in [0.1, 0.15) is 5.56 Å². The molecule has 0 saturated heterocycles. The Morgan fingerprint density at radius 1 is 1.32 bits per heavy atom. The molecule has 0 aliphatic heterocycles. The average molecular weight is 262 g/mol. The van der Waals surface area contributed by atoms with Crippen LogP contribution in [0.25, 0.3) is 0 Å². The van der Waals surface area contributed by atoms with Crippen molar-refractivity contribution in [2.75, 3.05) is 24.8 Å². The number of benzene rings is 1. The minimum absolute atomic E-state index is 0.139. The molecule has 0 saturated carbocycles. The minimum atomic E-state index is -0.259. The molecule has 0 atom stereocenters. The van der Waals surface area contributed by atoms with Gasteiger partial charge in [0.1, 0.15) is 11.6 Å². The van der Waals surface area contributed by atoms with Crippen LogP contribution in [-0.2, 0) is 6.54 Å². The number of nitrogen functional groups attached to an aromatic ring is 1. The van der Waals surface area contributed by atoms with Crippen LogP contribution in [0, 0.1) is 5.82 Å². The first-order chi connectivity index (χ1) is 9.08. The number of rotatable bonds is 4. The maximum absolute atomic E-state index is 13.1. The van der Waals surface area contributed by atoms with Crippen molar-refractivity contribution in [2.24, 2.45) is 0 Å². The quantitative estimate of drug-likeness (QED) is 0.910. The second-order valence-electron chi connectivity index (χ2n) is 4.11. The zero-order chi connectivity index (χ0) is 13.8. The van der Waals surface area contributed by atoms with Gasteiger partial charge in [-0.05, 0) is 17.7 Å². The van der Waals surface area contributed by atoms with E-state index in [1.807, 2.05) is 18.0 Å². The Morgan fingerprint density at radius 3 is 2.79 bits per heavy atom. The monoisotopic (exact) mass is 262 g/mol. The molecule has 1 heterocycles. The zero-order valence-corrected chi connectivity index (χ0v) is 10.8. The highest BCUT2D eigenvalue weighted by Crippen LogP contribution is 2.19. The van der Waals surface area contributed by atoms with Crippen LogP contribution in [0.2, 0.25) is 0 Å². The standard InChI is InChI=1S/C13H15FN4O/c1-18(8-9-4-3-5-10(14)6-9)11-7-12(19-2)17-13(15)16-11/h3-7H,8H2,1-2H3,(H2,15,16,17). The average Bonchev–Trinajstić information content (AvgIpc) is 2.38. The second kappa shape index (κ2) is 5.51. The van der Waals surface area contributed by atoms with Gasteiger partial charge in [-0.2, -0.15) is 9.97 Å².